The molecule has 3 aromatic rings. The van der Waals surface area contributed by atoms with Crippen LogP contribution >= 0.6 is 0 Å². The Morgan fingerprint density at radius 3 is 2.22 bits per heavy atom. The van der Waals surface area contributed by atoms with Gasteiger partial charge in [0.05, 0.1) is 13.2 Å². The summed E-state index contributed by atoms with van der Waals surface area (Å²) in [6.07, 6.45) is 0. The van der Waals surface area contributed by atoms with Gasteiger partial charge < -0.3 is 4.74 Å². The fourth-order valence-electron chi connectivity index (χ4n) is 3.01. The van der Waals surface area contributed by atoms with Crippen LogP contribution in [0, 0.1) is 5.92 Å². The van der Waals surface area contributed by atoms with Gasteiger partial charge in [-0.2, -0.15) is 0 Å². The summed E-state index contributed by atoms with van der Waals surface area (Å²) in [4.78, 5) is 0. The number of ether oxygens (including phenoxy) is 1. The minimum atomic E-state index is 0.441. The van der Waals surface area contributed by atoms with Crippen LogP contribution in [0.4, 0.5) is 0 Å². The highest BCUT2D eigenvalue weighted by Crippen LogP contribution is 2.25. The number of rotatable bonds is 6. The van der Waals surface area contributed by atoms with Gasteiger partial charge in [0, 0.05) is 5.92 Å². The van der Waals surface area contributed by atoms with Gasteiger partial charge in [-0.1, -0.05) is 80.6 Å². The Morgan fingerprint density at radius 1 is 0.783 bits per heavy atom. The third-order valence-electron chi connectivity index (χ3n) is 4.41. The average molecular weight is 304 g/mol. The Labute approximate surface area is 138 Å². The highest BCUT2D eigenvalue weighted by Gasteiger charge is 2.15. The van der Waals surface area contributed by atoms with Crippen LogP contribution in [0.2, 0.25) is 0 Å². The zero-order valence-electron chi connectivity index (χ0n) is 13.9. The van der Waals surface area contributed by atoms with Crippen LogP contribution in [-0.4, -0.2) is 6.61 Å². The second kappa shape index (κ2) is 7.43. The lowest BCUT2D eigenvalue weighted by atomic mass is 9.89. The average Bonchev–Trinajstić information content (AvgIpc) is 2.59. The molecule has 1 heteroatoms. The third-order valence-corrected chi connectivity index (χ3v) is 4.41. The highest BCUT2D eigenvalue weighted by molar-refractivity contribution is 5.82. The summed E-state index contributed by atoms with van der Waals surface area (Å²) >= 11 is 0. The fraction of sp³-hybridized carbons (Fsp3) is 0.273. The van der Waals surface area contributed by atoms with Crippen molar-refractivity contribution in [1.29, 1.82) is 0 Å². The van der Waals surface area contributed by atoms with Crippen LogP contribution < -0.4 is 0 Å². The maximum atomic E-state index is 6.05. The number of fused-ring (bicyclic) bond motifs is 1. The van der Waals surface area contributed by atoms with Gasteiger partial charge in [0.1, 0.15) is 0 Å². The Hall–Kier alpha value is -2.12. The Morgan fingerprint density at radius 2 is 1.48 bits per heavy atom. The molecule has 0 saturated carbocycles. The SMILES string of the molecule is CC(C)C(COCc1ccc2ccccc2c1)c1ccccc1. The lowest BCUT2D eigenvalue weighted by molar-refractivity contribution is 0.0959. The van der Waals surface area contributed by atoms with Gasteiger partial charge in [0.2, 0.25) is 0 Å². The summed E-state index contributed by atoms with van der Waals surface area (Å²) in [5.74, 6) is 1.01. The quantitative estimate of drug-likeness (QED) is 0.559. The van der Waals surface area contributed by atoms with E-state index in [-0.39, 0.29) is 0 Å². The van der Waals surface area contributed by atoms with Gasteiger partial charge in [-0.05, 0) is 33.9 Å². The lowest BCUT2D eigenvalue weighted by Crippen LogP contribution is -2.14. The van der Waals surface area contributed by atoms with E-state index in [9.17, 15) is 0 Å². The summed E-state index contributed by atoms with van der Waals surface area (Å²) in [6, 6.07) is 25.7. The van der Waals surface area contributed by atoms with E-state index in [1.165, 1.54) is 21.9 Å². The van der Waals surface area contributed by atoms with E-state index >= 15 is 0 Å². The molecule has 1 unspecified atom stereocenters. The summed E-state index contributed by atoms with van der Waals surface area (Å²) < 4.78 is 6.05. The van der Waals surface area contributed by atoms with Crippen molar-refractivity contribution in [3.63, 3.8) is 0 Å². The molecule has 0 N–H and O–H groups in total. The summed E-state index contributed by atoms with van der Waals surface area (Å²) in [5.41, 5.74) is 2.60. The molecule has 1 nitrogen and oxygen atoms in total. The smallest absolute Gasteiger partial charge is 0.0717 e. The molecule has 0 spiro atoms. The van der Waals surface area contributed by atoms with Gasteiger partial charge in [-0.25, -0.2) is 0 Å². The molecular formula is C22H24O. The van der Waals surface area contributed by atoms with E-state index in [1.807, 2.05) is 0 Å². The molecule has 0 fully saturated rings. The van der Waals surface area contributed by atoms with Crippen LogP contribution in [-0.2, 0) is 11.3 Å². The zero-order chi connectivity index (χ0) is 16.1. The first kappa shape index (κ1) is 15.8. The molecular weight excluding hydrogens is 280 g/mol. The normalized spacial score (nSPS) is 12.7. The van der Waals surface area contributed by atoms with Crippen molar-refractivity contribution in [2.24, 2.45) is 5.92 Å². The zero-order valence-corrected chi connectivity index (χ0v) is 13.9. The molecule has 118 valence electrons. The molecule has 0 aliphatic carbocycles. The van der Waals surface area contributed by atoms with E-state index in [0.29, 0.717) is 18.4 Å². The molecule has 0 heterocycles. The van der Waals surface area contributed by atoms with Gasteiger partial charge in [-0.3, -0.25) is 0 Å². The standard InChI is InChI=1S/C22H24O/c1-17(2)22(20-9-4-3-5-10-20)16-23-15-18-12-13-19-8-6-7-11-21(19)14-18/h3-14,17,22H,15-16H2,1-2H3. The predicted octanol–water partition coefficient (Wildman–Crippen LogP) is 5.80. The van der Waals surface area contributed by atoms with E-state index < -0.39 is 0 Å². The number of hydrogen-bond acceptors (Lipinski definition) is 1. The minimum Gasteiger partial charge on any atom is -0.376 e. The largest absolute Gasteiger partial charge is 0.376 e. The molecule has 0 bridgehead atoms. The molecule has 0 radical (unpaired) electrons. The number of hydrogen-bond donors (Lipinski definition) is 0. The Bertz CT molecular complexity index is 746. The van der Waals surface area contributed by atoms with Crippen LogP contribution in [0.15, 0.2) is 72.8 Å². The second-order valence-electron chi connectivity index (χ2n) is 6.46. The first-order valence-electron chi connectivity index (χ1n) is 8.34. The third kappa shape index (κ3) is 4.00. The van der Waals surface area contributed by atoms with Crippen LogP contribution in [0.1, 0.15) is 30.9 Å². The van der Waals surface area contributed by atoms with Crippen LogP contribution in [0.25, 0.3) is 10.8 Å². The molecule has 0 saturated heterocycles. The van der Waals surface area contributed by atoms with E-state index in [2.05, 4.69) is 86.6 Å². The maximum absolute atomic E-state index is 6.05. The van der Waals surface area contributed by atoms with Gasteiger partial charge >= 0.3 is 0 Å². The fourth-order valence-corrected chi connectivity index (χ4v) is 3.01. The molecule has 3 aromatic carbocycles. The lowest BCUT2D eigenvalue weighted by Gasteiger charge is -2.21. The first-order chi connectivity index (χ1) is 11.2. The first-order valence-corrected chi connectivity index (χ1v) is 8.34. The van der Waals surface area contributed by atoms with Gasteiger partial charge in [-0.15, -0.1) is 0 Å². The van der Waals surface area contributed by atoms with Crippen molar-refractivity contribution >= 4 is 10.8 Å². The molecule has 0 aliphatic rings. The van der Waals surface area contributed by atoms with Crippen molar-refractivity contribution in [3.05, 3.63) is 83.9 Å². The second-order valence-corrected chi connectivity index (χ2v) is 6.46. The van der Waals surface area contributed by atoms with Gasteiger partial charge in [0.15, 0.2) is 0 Å². The molecule has 0 aliphatic heterocycles. The minimum absolute atomic E-state index is 0.441. The van der Waals surface area contributed by atoms with E-state index in [1.54, 1.807) is 0 Å². The Kier molecular flexibility index (Phi) is 5.09. The summed E-state index contributed by atoms with van der Waals surface area (Å²) in [6.45, 7) is 5.95. The maximum Gasteiger partial charge on any atom is 0.0717 e. The highest BCUT2D eigenvalue weighted by atomic mass is 16.5. The molecule has 1 atom stereocenters. The Balaban J connectivity index is 1.64. The van der Waals surface area contributed by atoms with Crippen molar-refractivity contribution in [1.82, 2.24) is 0 Å². The summed E-state index contributed by atoms with van der Waals surface area (Å²) in [7, 11) is 0. The van der Waals surface area contributed by atoms with Crippen LogP contribution in [0.5, 0.6) is 0 Å². The number of benzene rings is 3. The predicted molar refractivity (Wildman–Crippen MR) is 97.6 cm³/mol. The summed E-state index contributed by atoms with van der Waals surface area (Å²) in [5, 5.41) is 2.55. The topological polar surface area (TPSA) is 9.23 Å². The van der Waals surface area contributed by atoms with Crippen molar-refractivity contribution in [3.8, 4) is 0 Å². The molecule has 0 amide bonds. The van der Waals surface area contributed by atoms with E-state index in [0.717, 1.165) is 6.61 Å². The van der Waals surface area contributed by atoms with Crippen molar-refractivity contribution < 1.29 is 4.74 Å². The van der Waals surface area contributed by atoms with Gasteiger partial charge in [0.25, 0.3) is 0 Å². The molecule has 3 rings (SSSR count). The van der Waals surface area contributed by atoms with Crippen molar-refractivity contribution in [2.45, 2.75) is 26.4 Å². The van der Waals surface area contributed by atoms with Crippen LogP contribution in [0.3, 0.4) is 0 Å². The van der Waals surface area contributed by atoms with E-state index in [4.69, 9.17) is 4.74 Å². The monoisotopic (exact) mass is 304 g/mol. The van der Waals surface area contributed by atoms with Crippen molar-refractivity contribution in [2.75, 3.05) is 6.61 Å². The molecule has 0 aromatic heterocycles. The molecule has 23 heavy (non-hydrogen) atoms.